The monoisotopic (exact) mass is 435 g/mol. The highest BCUT2D eigenvalue weighted by molar-refractivity contribution is 6.31. The van der Waals surface area contributed by atoms with Gasteiger partial charge in [0.15, 0.2) is 5.82 Å². The van der Waals surface area contributed by atoms with E-state index in [1.165, 1.54) is 10.7 Å². The van der Waals surface area contributed by atoms with Gasteiger partial charge in [-0.05, 0) is 37.8 Å². The minimum absolute atomic E-state index is 0.0341. The van der Waals surface area contributed by atoms with E-state index in [9.17, 15) is 14.0 Å². The fraction of sp³-hybridized carbons (Fsp3) is 0.450. The van der Waals surface area contributed by atoms with Gasteiger partial charge in [0.25, 0.3) is 0 Å². The van der Waals surface area contributed by atoms with Crippen LogP contribution in [0.1, 0.15) is 49.0 Å². The third kappa shape index (κ3) is 4.21. The lowest BCUT2D eigenvalue weighted by molar-refractivity contribution is -0.130. The number of anilines is 2. The number of nitrogens with two attached hydrogens (primary N) is 1. The Morgan fingerprint density at radius 1 is 1.47 bits per heavy atom. The maximum atomic E-state index is 14.5. The van der Waals surface area contributed by atoms with Gasteiger partial charge in [-0.25, -0.2) is 13.9 Å². The molecule has 1 saturated carbocycles. The third-order valence-corrected chi connectivity index (χ3v) is 5.73. The Morgan fingerprint density at radius 3 is 2.97 bits per heavy atom. The molecule has 2 amide bonds. The molecule has 8 nitrogen and oxygen atoms in total. The van der Waals surface area contributed by atoms with Crippen LogP contribution in [0, 0.1) is 5.82 Å². The van der Waals surface area contributed by atoms with Crippen LogP contribution in [-0.4, -0.2) is 40.3 Å². The lowest BCUT2D eigenvalue weighted by atomic mass is 10.0. The Labute approximate surface area is 178 Å². The van der Waals surface area contributed by atoms with Crippen LogP contribution in [-0.2, 0) is 16.1 Å². The molecule has 30 heavy (non-hydrogen) atoms. The molecule has 2 heterocycles. The molecule has 1 aromatic carbocycles. The first-order valence-corrected chi connectivity index (χ1v) is 10.2. The summed E-state index contributed by atoms with van der Waals surface area (Å²) in [6.45, 7) is 0.471. The molecule has 1 unspecified atom stereocenters. The number of likely N-dealkylation sites (N-methyl/N-ethyl adjacent to an activating group) is 1. The zero-order valence-corrected chi connectivity index (χ0v) is 17.3. The van der Waals surface area contributed by atoms with Crippen LogP contribution in [0.3, 0.4) is 0 Å². The molecular formula is C20H23ClFN5O3. The molecule has 0 bridgehead atoms. The minimum Gasteiger partial charge on any atom is -0.441 e. The van der Waals surface area contributed by atoms with Gasteiger partial charge < -0.3 is 15.4 Å². The predicted octanol–water partition coefficient (Wildman–Crippen LogP) is 3.68. The molecule has 0 spiro atoms. The Balaban J connectivity index is 1.33. The van der Waals surface area contributed by atoms with Crippen molar-refractivity contribution in [1.29, 1.82) is 0 Å². The summed E-state index contributed by atoms with van der Waals surface area (Å²) in [5.41, 5.74) is 7.49. The number of carbonyl (C=O) groups is 2. The van der Waals surface area contributed by atoms with Crippen LogP contribution < -0.4 is 11.1 Å². The molecule has 0 radical (unpaired) electrons. The van der Waals surface area contributed by atoms with E-state index in [1.807, 2.05) is 6.07 Å². The Morgan fingerprint density at radius 2 is 2.23 bits per heavy atom. The number of aromatic nitrogens is 2. The van der Waals surface area contributed by atoms with Crippen LogP contribution >= 0.6 is 11.6 Å². The fourth-order valence-electron chi connectivity index (χ4n) is 3.57. The van der Waals surface area contributed by atoms with E-state index in [1.54, 1.807) is 18.0 Å². The molecule has 2 aliphatic rings. The summed E-state index contributed by atoms with van der Waals surface area (Å²) < 4.78 is 21.2. The molecule has 10 heteroatoms. The Bertz CT molecular complexity index is 991. The van der Waals surface area contributed by atoms with Gasteiger partial charge in [-0.1, -0.05) is 11.6 Å². The smallest absolute Gasteiger partial charge is 0.412 e. The van der Waals surface area contributed by atoms with Gasteiger partial charge in [0.1, 0.15) is 18.5 Å². The van der Waals surface area contributed by atoms with Crippen molar-refractivity contribution in [1.82, 2.24) is 14.7 Å². The number of amides is 2. The van der Waals surface area contributed by atoms with Gasteiger partial charge in [0.05, 0.1) is 22.0 Å². The number of carbonyl (C=O) groups excluding carboxylic acids is 2. The van der Waals surface area contributed by atoms with Crippen LogP contribution in [0.5, 0.6) is 0 Å². The molecule has 0 saturated heterocycles. The first-order chi connectivity index (χ1) is 14.3. The van der Waals surface area contributed by atoms with Gasteiger partial charge in [0.2, 0.25) is 5.91 Å². The fourth-order valence-corrected chi connectivity index (χ4v) is 3.73. The Kier molecular flexibility index (Phi) is 5.55. The van der Waals surface area contributed by atoms with E-state index < -0.39 is 18.0 Å². The largest absolute Gasteiger partial charge is 0.441 e. The van der Waals surface area contributed by atoms with Crippen molar-refractivity contribution >= 4 is 35.1 Å². The van der Waals surface area contributed by atoms with Crippen LogP contribution in [0.4, 0.5) is 20.7 Å². The summed E-state index contributed by atoms with van der Waals surface area (Å²) in [7, 11) is 1.68. The second-order valence-corrected chi connectivity index (χ2v) is 8.13. The number of benzene rings is 1. The summed E-state index contributed by atoms with van der Waals surface area (Å²) in [5.74, 6) is 0.198. The number of nitrogen functional groups attached to an aromatic ring is 1. The number of ether oxygens (including phenoxy) is 1. The third-order valence-electron chi connectivity index (χ3n) is 5.44. The summed E-state index contributed by atoms with van der Waals surface area (Å²) in [5, 5.41) is 6.87. The molecule has 3 N–H and O–H groups in total. The number of nitrogens with one attached hydrogen (secondary N) is 1. The van der Waals surface area contributed by atoms with Crippen molar-refractivity contribution in [2.45, 2.75) is 44.2 Å². The van der Waals surface area contributed by atoms with Crippen molar-refractivity contribution in [3.8, 4) is 0 Å². The molecule has 4 rings (SSSR count). The highest BCUT2D eigenvalue weighted by Crippen LogP contribution is 2.40. The average molecular weight is 436 g/mol. The van der Waals surface area contributed by atoms with Crippen molar-refractivity contribution in [3.05, 3.63) is 40.3 Å². The van der Waals surface area contributed by atoms with E-state index in [-0.39, 0.29) is 23.0 Å². The second kappa shape index (κ2) is 8.14. The zero-order chi connectivity index (χ0) is 21.4. The van der Waals surface area contributed by atoms with E-state index in [0.717, 1.165) is 18.5 Å². The molecule has 1 aromatic heterocycles. The Hall–Kier alpha value is -2.81. The van der Waals surface area contributed by atoms with E-state index >= 15 is 0 Å². The van der Waals surface area contributed by atoms with E-state index in [2.05, 4.69) is 10.4 Å². The average Bonchev–Trinajstić information content (AvgIpc) is 3.48. The van der Waals surface area contributed by atoms with Crippen LogP contribution in [0.2, 0.25) is 5.02 Å². The number of cyclic esters (lactones) is 1. The van der Waals surface area contributed by atoms with Gasteiger partial charge in [0, 0.05) is 25.6 Å². The predicted molar refractivity (Wildman–Crippen MR) is 110 cm³/mol. The zero-order valence-electron chi connectivity index (χ0n) is 16.5. The van der Waals surface area contributed by atoms with Crippen molar-refractivity contribution in [2.75, 3.05) is 24.6 Å². The summed E-state index contributed by atoms with van der Waals surface area (Å²) >= 11 is 5.87. The number of hydrogen-bond acceptors (Lipinski definition) is 5. The molecule has 1 atom stereocenters. The van der Waals surface area contributed by atoms with Crippen molar-refractivity contribution < 1.29 is 18.7 Å². The number of hydrogen-bond donors (Lipinski definition) is 2. The molecule has 1 aliphatic heterocycles. The molecule has 2 aromatic rings. The lowest BCUT2D eigenvalue weighted by Gasteiger charge is -2.27. The van der Waals surface area contributed by atoms with Gasteiger partial charge in [-0.15, -0.1) is 0 Å². The standard InChI is InChI=1S/C20H23ClFN5O3/c1-26(17(28)10-27-16(23)9-14(25-27)11-4-5-11)8-2-3-15-18-13(24-20(29)30-15)7-6-12(21)19(18)22/h6-7,9,11,15H,2-5,8,10,23H2,1H3,(H,24,29). The van der Waals surface area contributed by atoms with Gasteiger partial charge in [-0.3, -0.25) is 10.1 Å². The number of rotatable bonds is 7. The molecule has 1 fully saturated rings. The molecule has 160 valence electrons. The van der Waals surface area contributed by atoms with Gasteiger partial charge in [-0.2, -0.15) is 5.10 Å². The molecular weight excluding hydrogens is 413 g/mol. The second-order valence-electron chi connectivity index (χ2n) is 7.73. The first-order valence-electron chi connectivity index (χ1n) is 9.86. The summed E-state index contributed by atoms with van der Waals surface area (Å²) in [4.78, 5) is 25.8. The van der Waals surface area contributed by atoms with E-state index in [0.29, 0.717) is 36.8 Å². The quantitative estimate of drug-likeness (QED) is 0.690. The number of fused-ring (bicyclic) bond motifs is 1. The molecule has 1 aliphatic carbocycles. The van der Waals surface area contributed by atoms with Crippen molar-refractivity contribution in [2.24, 2.45) is 0 Å². The van der Waals surface area contributed by atoms with Crippen molar-refractivity contribution in [3.63, 3.8) is 0 Å². The number of nitrogens with zero attached hydrogens (tertiary/aromatic N) is 3. The minimum atomic E-state index is -0.765. The normalized spacial score (nSPS) is 17.8. The van der Waals surface area contributed by atoms with Gasteiger partial charge >= 0.3 is 6.09 Å². The SMILES string of the molecule is CN(CCCC1OC(=O)Nc2ccc(Cl)c(F)c21)C(=O)Cn1nc(C2CC2)cc1N. The maximum Gasteiger partial charge on any atom is 0.412 e. The topological polar surface area (TPSA) is 102 Å². The highest BCUT2D eigenvalue weighted by atomic mass is 35.5. The highest BCUT2D eigenvalue weighted by Gasteiger charge is 2.30. The summed E-state index contributed by atoms with van der Waals surface area (Å²) in [6, 6.07) is 4.77. The lowest BCUT2D eigenvalue weighted by Crippen LogP contribution is -2.32. The van der Waals surface area contributed by atoms with Crippen LogP contribution in [0.15, 0.2) is 18.2 Å². The van der Waals surface area contributed by atoms with Crippen LogP contribution in [0.25, 0.3) is 0 Å². The number of halogens is 2. The maximum absolute atomic E-state index is 14.5. The first kappa shape index (κ1) is 20.5. The summed E-state index contributed by atoms with van der Waals surface area (Å²) in [6.07, 6.45) is 1.68. The van der Waals surface area contributed by atoms with E-state index in [4.69, 9.17) is 22.1 Å².